The van der Waals surface area contributed by atoms with Gasteiger partial charge in [0.25, 0.3) is 0 Å². The predicted molar refractivity (Wildman–Crippen MR) is 127 cm³/mol. The summed E-state index contributed by atoms with van der Waals surface area (Å²) >= 11 is 1.02. The molecule has 0 aliphatic carbocycles. The van der Waals surface area contributed by atoms with Crippen LogP contribution in [0.5, 0.6) is 17.2 Å². The van der Waals surface area contributed by atoms with Crippen molar-refractivity contribution >= 4 is 40.6 Å². The lowest BCUT2D eigenvalue weighted by molar-refractivity contribution is -0.121. The Balaban J connectivity index is 1.35. The summed E-state index contributed by atoms with van der Waals surface area (Å²) in [4.78, 5) is 26.5. The Kier molecular flexibility index (Phi) is 7.13. The summed E-state index contributed by atoms with van der Waals surface area (Å²) in [7, 11) is 0. The summed E-state index contributed by atoms with van der Waals surface area (Å²) in [5.74, 6) is 1.41. The molecule has 33 heavy (non-hydrogen) atoms. The number of anilines is 1. The van der Waals surface area contributed by atoms with Crippen LogP contribution >= 0.6 is 11.8 Å². The fraction of sp³-hybridized carbons (Fsp3) is 0.304. The van der Waals surface area contributed by atoms with Gasteiger partial charge in [0.15, 0.2) is 16.7 Å². The average molecular weight is 469 g/mol. The number of rotatable bonds is 8. The number of carbonyl (C=O) groups is 2. The molecule has 0 aromatic heterocycles. The standard InChI is InChI=1S/C23H24N4O5S/c1-2-3-10-30-17-7-5-16(6-8-17)27-21(28)12-20(22(27)29)33-23(24)26-25-13-15-4-9-18-19(11-15)32-14-31-18/h4-9,11,13,20H,2-3,10,12,14H2,1H3,(H2,24,26)/b25-13-/t20-/m1/s1. The van der Waals surface area contributed by atoms with Gasteiger partial charge in [-0.1, -0.05) is 25.1 Å². The summed E-state index contributed by atoms with van der Waals surface area (Å²) in [5.41, 5.74) is 7.21. The van der Waals surface area contributed by atoms with Gasteiger partial charge in [0.05, 0.1) is 18.5 Å². The van der Waals surface area contributed by atoms with E-state index in [1.54, 1.807) is 36.4 Å². The molecule has 172 valence electrons. The summed E-state index contributed by atoms with van der Waals surface area (Å²) in [6.45, 7) is 2.92. The molecule has 1 saturated heterocycles. The molecule has 0 bridgehead atoms. The molecular formula is C23H24N4O5S. The van der Waals surface area contributed by atoms with Gasteiger partial charge in [-0.05, 0) is 54.4 Å². The summed E-state index contributed by atoms with van der Waals surface area (Å²) in [5, 5.41) is 7.35. The first-order valence-corrected chi connectivity index (χ1v) is 11.5. The minimum absolute atomic E-state index is 0.0420. The van der Waals surface area contributed by atoms with Crippen LogP contribution in [0.25, 0.3) is 0 Å². The maximum Gasteiger partial charge on any atom is 0.247 e. The Morgan fingerprint density at radius 3 is 2.79 bits per heavy atom. The van der Waals surface area contributed by atoms with Crippen molar-refractivity contribution in [2.45, 2.75) is 31.4 Å². The maximum atomic E-state index is 12.8. The molecule has 2 aliphatic rings. The van der Waals surface area contributed by atoms with E-state index in [9.17, 15) is 9.59 Å². The SMILES string of the molecule is CCCCOc1ccc(N2C(=O)C[C@@H](S/C(N)=N/N=C\c3ccc4c(c3)OCO4)C2=O)cc1. The minimum atomic E-state index is -0.650. The summed E-state index contributed by atoms with van der Waals surface area (Å²) in [6, 6.07) is 12.3. The van der Waals surface area contributed by atoms with E-state index in [0.717, 1.165) is 30.2 Å². The number of benzene rings is 2. The average Bonchev–Trinajstić information content (AvgIpc) is 3.38. The first kappa shape index (κ1) is 22.7. The van der Waals surface area contributed by atoms with Gasteiger partial charge in [-0.15, -0.1) is 5.10 Å². The second-order valence-corrected chi connectivity index (χ2v) is 8.59. The van der Waals surface area contributed by atoms with E-state index in [2.05, 4.69) is 17.1 Å². The van der Waals surface area contributed by atoms with Gasteiger partial charge in [-0.25, -0.2) is 4.90 Å². The number of unbranched alkanes of at least 4 members (excludes halogenated alkanes) is 1. The number of thioether (sulfide) groups is 1. The smallest absolute Gasteiger partial charge is 0.247 e. The van der Waals surface area contributed by atoms with Crippen LogP contribution in [0, 0.1) is 0 Å². The van der Waals surface area contributed by atoms with Crippen LogP contribution < -0.4 is 24.8 Å². The lowest BCUT2D eigenvalue weighted by atomic mass is 10.2. The van der Waals surface area contributed by atoms with Gasteiger partial charge < -0.3 is 19.9 Å². The van der Waals surface area contributed by atoms with E-state index in [0.29, 0.717) is 29.5 Å². The summed E-state index contributed by atoms with van der Waals surface area (Å²) in [6.07, 6.45) is 3.57. The van der Waals surface area contributed by atoms with Crippen LogP contribution in [0.15, 0.2) is 52.7 Å². The molecule has 9 nitrogen and oxygen atoms in total. The van der Waals surface area contributed by atoms with E-state index in [-0.39, 0.29) is 30.2 Å². The molecule has 0 unspecified atom stereocenters. The van der Waals surface area contributed by atoms with Crippen molar-refractivity contribution in [1.82, 2.24) is 0 Å². The Morgan fingerprint density at radius 2 is 2.00 bits per heavy atom. The zero-order valence-corrected chi connectivity index (χ0v) is 18.9. The monoisotopic (exact) mass is 468 g/mol. The molecule has 2 aromatic carbocycles. The van der Waals surface area contributed by atoms with Gasteiger partial charge in [0.2, 0.25) is 18.6 Å². The maximum absolute atomic E-state index is 12.8. The fourth-order valence-electron chi connectivity index (χ4n) is 3.31. The topological polar surface area (TPSA) is 116 Å². The quantitative estimate of drug-likeness (QED) is 0.208. The van der Waals surface area contributed by atoms with E-state index in [1.807, 2.05) is 6.07 Å². The minimum Gasteiger partial charge on any atom is -0.494 e. The number of amides is 2. The van der Waals surface area contributed by atoms with Crippen molar-refractivity contribution in [1.29, 1.82) is 0 Å². The molecule has 2 aromatic rings. The Morgan fingerprint density at radius 1 is 1.21 bits per heavy atom. The number of nitrogens with two attached hydrogens (primary N) is 1. The first-order chi connectivity index (χ1) is 16.0. The van der Waals surface area contributed by atoms with Crippen molar-refractivity contribution in [2.24, 2.45) is 15.9 Å². The van der Waals surface area contributed by atoms with Crippen LogP contribution in [0.1, 0.15) is 31.7 Å². The van der Waals surface area contributed by atoms with Gasteiger partial charge in [-0.2, -0.15) is 5.10 Å². The number of hydrogen-bond donors (Lipinski definition) is 1. The highest BCUT2D eigenvalue weighted by Gasteiger charge is 2.40. The highest BCUT2D eigenvalue weighted by Crippen LogP contribution is 2.32. The molecule has 2 aliphatic heterocycles. The second-order valence-electron chi connectivity index (χ2n) is 7.37. The normalized spacial score (nSPS) is 17.9. The van der Waals surface area contributed by atoms with E-state index in [1.165, 1.54) is 11.1 Å². The van der Waals surface area contributed by atoms with Gasteiger partial charge in [0.1, 0.15) is 11.0 Å². The molecule has 10 heteroatoms. The molecule has 2 N–H and O–H groups in total. The zero-order valence-electron chi connectivity index (χ0n) is 18.1. The zero-order chi connectivity index (χ0) is 23.2. The number of fused-ring (bicyclic) bond motifs is 1. The number of carbonyl (C=O) groups excluding carboxylic acids is 2. The molecule has 0 saturated carbocycles. The van der Waals surface area contributed by atoms with Gasteiger partial charge in [-0.3, -0.25) is 9.59 Å². The van der Waals surface area contributed by atoms with Crippen molar-refractivity contribution in [2.75, 3.05) is 18.3 Å². The largest absolute Gasteiger partial charge is 0.494 e. The van der Waals surface area contributed by atoms with Crippen LogP contribution in [0.4, 0.5) is 5.69 Å². The molecule has 1 fully saturated rings. The van der Waals surface area contributed by atoms with Crippen molar-refractivity contribution in [3.8, 4) is 17.2 Å². The molecule has 4 rings (SSSR count). The second kappa shape index (κ2) is 10.4. The van der Waals surface area contributed by atoms with Gasteiger partial charge >= 0.3 is 0 Å². The van der Waals surface area contributed by atoms with E-state index >= 15 is 0 Å². The highest BCUT2D eigenvalue weighted by atomic mass is 32.2. The number of ether oxygens (including phenoxy) is 3. The van der Waals surface area contributed by atoms with Crippen LogP contribution in [-0.4, -0.2) is 41.8 Å². The first-order valence-electron chi connectivity index (χ1n) is 10.6. The number of imide groups is 1. The van der Waals surface area contributed by atoms with Gasteiger partial charge in [0, 0.05) is 6.42 Å². The highest BCUT2D eigenvalue weighted by molar-refractivity contribution is 8.14. The van der Waals surface area contributed by atoms with E-state index in [4.69, 9.17) is 19.9 Å². The third-order valence-electron chi connectivity index (χ3n) is 4.99. The molecule has 0 spiro atoms. The number of amidine groups is 1. The Bertz CT molecular complexity index is 1090. The Labute approximate surface area is 195 Å². The Hall–Kier alpha value is -3.53. The molecular weight excluding hydrogens is 444 g/mol. The fourth-order valence-corrected chi connectivity index (χ4v) is 4.13. The molecule has 0 radical (unpaired) electrons. The lowest BCUT2D eigenvalue weighted by Crippen LogP contribution is -2.31. The third-order valence-corrected chi connectivity index (χ3v) is 5.97. The van der Waals surface area contributed by atoms with Crippen molar-refractivity contribution in [3.63, 3.8) is 0 Å². The predicted octanol–water partition coefficient (Wildman–Crippen LogP) is 3.31. The third kappa shape index (κ3) is 5.46. The molecule has 1 atom stereocenters. The van der Waals surface area contributed by atoms with Crippen LogP contribution in [0.2, 0.25) is 0 Å². The summed E-state index contributed by atoms with van der Waals surface area (Å²) < 4.78 is 16.2. The lowest BCUT2D eigenvalue weighted by Gasteiger charge is -2.15. The van der Waals surface area contributed by atoms with Crippen LogP contribution in [-0.2, 0) is 9.59 Å². The number of hydrogen-bond acceptors (Lipinski definition) is 8. The van der Waals surface area contributed by atoms with Crippen molar-refractivity contribution in [3.05, 3.63) is 48.0 Å². The van der Waals surface area contributed by atoms with Crippen LogP contribution in [0.3, 0.4) is 0 Å². The van der Waals surface area contributed by atoms with Crippen molar-refractivity contribution < 1.29 is 23.8 Å². The number of nitrogens with zero attached hydrogens (tertiary/aromatic N) is 3. The molecule has 2 heterocycles. The molecule has 2 amide bonds. The van der Waals surface area contributed by atoms with E-state index < -0.39 is 5.25 Å².